The van der Waals surface area contributed by atoms with Crippen molar-refractivity contribution in [2.75, 3.05) is 39.9 Å². The number of piperidine rings is 1. The number of oxime groups is 1. The molecule has 7 heteroatoms. The monoisotopic (exact) mass is 419 g/mol. The molecule has 1 saturated heterocycles. The van der Waals surface area contributed by atoms with Crippen molar-refractivity contribution in [3.8, 4) is 0 Å². The first-order valence-corrected chi connectivity index (χ1v) is 10.9. The minimum absolute atomic E-state index is 0.000219. The van der Waals surface area contributed by atoms with Crippen LogP contribution in [0.4, 0.5) is 4.39 Å². The Balaban J connectivity index is 1.51. The highest BCUT2D eigenvalue weighted by atomic mass is 19.1. The Morgan fingerprint density at radius 1 is 1.33 bits per heavy atom. The van der Waals surface area contributed by atoms with Gasteiger partial charge < -0.3 is 14.5 Å². The van der Waals surface area contributed by atoms with Gasteiger partial charge in [-0.2, -0.15) is 0 Å². The second kappa shape index (κ2) is 10.9. The number of rotatable bonds is 9. The van der Waals surface area contributed by atoms with Crippen LogP contribution in [0.5, 0.6) is 0 Å². The van der Waals surface area contributed by atoms with Crippen molar-refractivity contribution in [2.45, 2.75) is 45.8 Å². The van der Waals surface area contributed by atoms with E-state index in [-0.39, 0.29) is 17.6 Å². The fraction of sp³-hybridized carbons (Fsp3) is 0.652. The smallest absolute Gasteiger partial charge is 0.266 e. The molecule has 0 aromatic heterocycles. The molecule has 2 aliphatic heterocycles. The van der Waals surface area contributed by atoms with E-state index < -0.39 is 6.10 Å². The van der Waals surface area contributed by atoms with Crippen LogP contribution >= 0.6 is 0 Å². The number of likely N-dealkylation sites (tertiary alicyclic amines) is 1. The Labute approximate surface area is 179 Å². The van der Waals surface area contributed by atoms with Gasteiger partial charge in [0.05, 0.1) is 12.3 Å². The maximum atomic E-state index is 13.9. The third kappa shape index (κ3) is 6.01. The number of amides is 1. The lowest BCUT2D eigenvalue weighted by molar-refractivity contribution is -0.143. The number of nitrogens with zero attached hydrogens (tertiary/aromatic N) is 3. The number of hydrogen-bond acceptors (Lipinski definition) is 5. The van der Waals surface area contributed by atoms with Gasteiger partial charge in [-0.05, 0) is 43.8 Å². The highest BCUT2D eigenvalue weighted by molar-refractivity contribution is 5.93. The van der Waals surface area contributed by atoms with Gasteiger partial charge in [-0.1, -0.05) is 37.2 Å². The highest BCUT2D eigenvalue weighted by Crippen LogP contribution is 2.23. The molecule has 0 spiro atoms. The molecule has 0 bridgehead atoms. The molecule has 0 unspecified atom stereocenters. The molecule has 0 radical (unpaired) electrons. The molecule has 0 aliphatic carbocycles. The third-order valence-corrected chi connectivity index (χ3v) is 6.05. The average Bonchev–Trinajstić information content (AvgIpc) is 3.24. The third-order valence-electron chi connectivity index (χ3n) is 6.05. The minimum Gasteiger partial charge on any atom is -0.383 e. The molecule has 1 amide bonds. The molecule has 30 heavy (non-hydrogen) atoms. The van der Waals surface area contributed by atoms with Gasteiger partial charge in [-0.25, -0.2) is 4.39 Å². The molecule has 0 saturated carbocycles. The molecule has 1 aromatic carbocycles. The Hall–Kier alpha value is -1.99. The maximum Gasteiger partial charge on any atom is 0.266 e. The average molecular weight is 420 g/mol. The van der Waals surface area contributed by atoms with Crippen molar-refractivity contribution in [3.63, 3.8) is 0 Å². The largest absolute Gasteiger partial charge is 0.383 e. The molecule has 3 rings (SSSR count). The Morgan fingerprint density at radius 2 is 2.07 bits per heavy atom. The lowest BCUT2D eigenvalue weighted by Gasteiger charge is -2.35. The predicted octanol–water partition coefficient (Wildman–Crippen LogP) is 3.31. The molecular formula is C23H34FN3O3. The normalized spacial score (nSPS) is 20.3. The summed E-state index contributed by atoms with van der Waals surface area (Å²) in [6.07, 6.45) is 2.04. The quantitative estimate of drug-likeness (QED) is 0.616. The molecule has 2 aliphatic rings. The number of benzene rings is 1. The summed E-state index contributed by atoms with van der Waals surface area (Å²) < 4.78 is 19.1. The van der Waals surface area contributed by atoms with E-state index >= 15 is 0 Å². The summed E-state index contributed by atoms with van der Waals surface area (Å²) in [7, 11) is 1.65. The molecule has 1 fully saturated rings. The summed E-state index contributed by atoms with van der Waals surface area (Å²) in [4.78, 5) is 22.7. The van der Waals surface area contributed by atoms with Crippen molar-refractivity contribution in [3.05, 3.63) is 35.6 Å². The zero-order valence-electron chi connectivity index (χ0n) is 18.3. The lowest BCUT2D eigenvalue weighted by Crippen LogP contribution is -2.45. The van der Waals surface area contributed by atoms with Gasteiger partial charge in [0, 0.05) is 38.7 Å². The van der Waals surface area contributed by atoms with Gasteiger partial charge in [0.15, 0.2) is 0 Å². The predicted molar refractivity (Wildman–Crippen MR) is 115 cm³/mol. The molecular weight excluding hydrogens is 385 g/mol. The van der Waals surface area contributed by atoms with E-state index in [0.717, 1.165) is 37.2 Å². The summed E-state index contributed by atoms with van der Waals surface area (Å²) in [6, 6.07) is 6.96. The van der Waals surface area contributed by atoms with Gasteiger partial charge in [0.2, 0.25) is 6.10 Å². The summed E-state index contributed by atoms with van der Waals surface area (Å²) in [5.41, 5.74) is 1.69. The van der Waals surface area contributed by atoms with Crippen LogP contribution < -0.4 is 0 Å². The highest BCUT2D eigenvalue weighted by Gasteiger charge is 2.34. The van der Waals surface area contributed by atoms with E-state index in [9.17, 15) is 9.18 Å². The summed E-state index contributed by atoms with van der Waals surface area (Å²) >= 11 is 0. The lowest BCUT2D eigenvalue weighted by atomic mass is 9.95. The second-order valence-corrected chi connectivity index (χ2v) is 8.62. The van der Waals surface area contributed by atoms with Crippen molar-refractivity contribution in [1.29, 1.82) is 0 Å². The van der Waals surface area contributed by atoms with E-state index in [1.54, 1.807) is 13.2 Å². The summed E-state index contributed by atoms with van der Waals surface area (Å²) in [5.74, 6) is 0.569. The molecule has 2 heterocycles. The summed E-state index contributed by atoms with van der Waals surface area (Å²) in [6.45, 7) is 8.34. The first kappa shape index (κ1) is 22.7. The van der Waals surface area contributed by atoms with Crippen LogP contribution in [0.25, 0.3) is 0 Å². The van der Waals surface area contributed by atoms with E-state index in [1.807, 2.05) is 17.0 Å². The number of carbonyl (C=O) groups excluding carboxylic acids is 1. The van der Waals surface area contributed by atoms with Crippen LogP contribution in [0.15, 0.2) is 29.4 Å². The van der Waals surface area contributed by atoms with Crippen molar-refractivity contribution < 1.29 is 18.8 Å². The van der Waals surface area contributed by atoms with Crippen molar-refractivity contribution in [1.82, 2.24) is 9.80 Å². The van der Waals surface area contributed by atoms with Crippen LogP contribution in [0.1, 0.15) is 38.7 Å². The standard InChI is InChI=1S/C23H34FN3O3/c1-17(2)21-14-22(30-25-21)23(28)27(12-13-29-3)15-18-8-10-26(11-9-18)16-19-6-4-5-7-20(19)24/h4-7,17-18,22H,8-16H2,1-3H3/t22-/m0/s1. The fourth-order valence-electron chi connectivity index (χ4n) is 4.07. The second-order valence-electron chi connectivity index (χ2n) is 8.62. The minimum atomic E-state index is -0.514. The van der Waals surface area contributed by atoms with Gasteiger partial charge >= 0.3 is 0 Å². The zero-order chi connectivity index (χ0) is 21.5. The molecule has 1 atom stereocenters. The maximum absolute atomic E-state index is 13.9. The van der Waals surface area contributed by atoms with E-state index in [0.29, 0.717) is 38.6 Å². The van der Waals surface area contributed by atoms with E-state index in [4.69, 9.17) is 9.57 Å². The Bertz CT molecular complexity index is 732. The Morgan fingerprint density at radius 3 is 2.70 bits per heavy atom. The number of carbonyl (C=O) groups is 1. The molecule has 6 nitrogen and oxygen atoms in total. The number of ether oxygens (including phenoxy) is 1. The van der Waals surface area contributed by atoms with Crippen LogP contribution in [0.2, 0.25) is 0 Å². The van der Waals surface area contributed by atoms with Crippen LogP contribution in [-0.4, -0.2) is 67.4 Å². The van der Waals surface area contributed by atoms with Gasteiger partial charge in [-0.3, -0.25) is 9.69 Å². The number of hydrogen-bond donors (Lipinski definition) is 0. The molecule has 166 valence electrons. The van der Waals surface area contributed by atoms with Crippen molar-refractivity contribution >= 4 is 11.6 Å². The zero-order valence-corrected chi connectivity index (χ0v) is 18.3. The van der Waals surface area contributed by atoms with Gasteiger partial charge in [0.25, 0.3) is 5.91 Å². The first-order valence-electron chi connectivity index (χ1n) is 10.9. The van der Waals surface area contributed by atoms with Crippen LogP contribution in [0, 0.1) is 17.7 Å². The molecule has 1 aromatic rings. The SMILES string of the molecule is COCCN(CC1CCN(Cc2ccccc2F)CC1)C(=O)[C@@H]1CC(C(C)C)=NO1. The van der Waals surface area contributed by atoms with E-state index in [1.165, 1.54) is 6.07 Å². The van der Waals surface area contributed by atoms with Crippen LogP contribution in [0.3, 0.4) is 0 Å². The van der Waals surface area contributed by atoms with Crippen LogP contribution in [-0.2, 0) is 20.9 Å². The fourth-order valence-corrected chi connectivity index (χ4v) is 4.07. The Kier molecular flexibility index (Phi) is 8.22. The number of methoxy groups -OCH3 is 1. The topological polar surface area (TPSA) is 54.4 Å². The summed E-state index contributed by atoms with van der Waals surface area (Å²) in [5, 5.41) is 4.10. The van der Waals surface area contributed by atoms with E-state index in [2.05, 4.69) is 23.9 Å². The molecule has 0 N–H and O–H groups in total. The van der Waals surface area contributed by atoms with Crippen molar-refractivity contribution in [2.24, 2.45) is 17.0 Å². The number of halogens is 1. The van der Waals surface area contributed by atoms with Gasteiger partial charge in [-0.15, -0.1) is 0 Å². The first-order chi connectivity index (χ1) is 14.5. The van der Waals surface area contributed by atoms with Gasteiger partial charge in [0.1, 0.15) is 5.82 Å².